The maximum Gasteiger partial charge on any atom is 0.242 e. The van der Waals surface area contributed by atoms with Crippen molar-refractivity contribution >= 4 is 14.0 Å². The smallest absolute Gasteiger partial charge is 0.242 e. The highest BCUT2D eigenvalue weighted by Gasteiger charge is 2.17. The fourth-order valence-corrected chi connectivity index (χ4v) is 2.12. The van der Waals surface area contributed by atoms with Crippen LogP contribution in [0.3, 0.4) is 0 Å². The molecule has 0 heterocycles. The zero-order chi connectivity index (χ0) is 12.3. The molecule has 0 radical (unpaired) electrons. The first-order valence-corrected chi connectivity index (χ1v) is 8.94. The Bertz CT molecular complexity index is 359. The van der Waals surface area contributed by atoms with Gasteiger partial charge in [0, 0.05) is 6.07 Å². The molecule has 0 amide bonds. The first-order chi connectivity index (χ1) is 7.28. The summed E-state index contributed by atoms with van der Waals surface area (Å²) in [4.78, 5) is 0. The number of benzene rings is 1. The molecule has 0 bridgehead atoms. The Hall–Kier alpha value is -1.16. The number of nitrogens with two attached hydrogens (primary N) is 1. The molecule has 90 valence electrons. The predicted molar refractivity (Wildman–Crippen MR) is 70.6 cm³/mol. The lowest BCUT2D eigenvalue weighted by molar-refractivity contribution is 0.243. The van der Waals surface area contributed by atoms with E-state index in [1.165, 1.54) is 0 Å². The SMILES string of the molecule is CC(C)Oc1cc(O[Si](C)(C)C)ccc1N. The van der Waals surface area contributed by atoms with Crippen LogP contribution in [0.4, 0.5) is 5.69 Å². The Morgan fingerprint density at radius 2 is 1.81 bits per heavy atom. The summed E-state index contributed by atoms with van der Waals surface area (Å²) < 4.78 is 11.5. The monoisotopic (exact) mass is 239 g/mol. The molecule has 0 fully saturated rings. The zero-order valence-corrected chi connectivity index (χ0v) is 11.7. The van der Waals surface area contributed by atoms with Crippen LogP contribution in [0, 0.1) is 0 Å². The maximum atomic E-state index is 5.88. The average Bonchev–Trinajstić information content (AvgIpc) is 2.07. The van der Waals surface area contributed by atoms with E-state index < -0.39 is 8.32 Å². The highest BCUT2D eigenvalue weighted by atomic mass is 28.4. The van der Waals surface area contributed by atoms with Crippen molar-refractivity contribution < 1.29 is 9.16 Å². The molecule has 16 heavy (non-hydrogen) atoms. The van der Waals surface area contributed by atoms with Crippen LogP contribution in [0.25, 0.3) is 0 Å². The van der Waals surface area contributed by atoms with Gasteiger partial charge < -0.3 is 14.9 Å². The van der Waals surface area contributed by atoms with Crippen molar-refractivity contribution in [3.05, 3.63) is 18.2 Å². The minimum Gasteiger partial charge on any atom is -0.544 e. The van der Waals surface area contributed by atoms with E-state index in [4.69, 9.17) is 14.9 Å². The molecule has 0 aliphatic heterocycles. The fraction of sp³-hybridized carbons (Fsp3) is 0.500. The molecule has 0 saturated heterocycles. The molecule has 0 unspecified atom stereocenters. The van der Waals surface area contributed by atoms with Crippen LogP contribution in [-0.2, 0) is 0 Å². The third kappa shape index (κ3) is 4.14. The highest BCUT2D eigenvalue weighted by molar-refractivity contribution is 6.70. The van der Waals surface area contributed by atoms with Gasteiger partial charge in [0.1, 0.15) is 11.5 Å². The Labute approximate surface area is 98.7 Å². The second-order valence-corrected chi connectivity index (χ2v) is 9.51. The second kappa shape index (κ2) is 4.78. The van der Waals surface area contributed by atoms with Crippen molar-refractivity contribution in [2.75, 3.05) is 5.73 Å². The minimum atomic E-state index is -1.57. The molecular formula is C12H21NO2Si. The van der Waals surface area contributed by atoms with E-state index in [0.717, 1.165) is 5.75 Å². The minimum absolute atomic E-state index is 0.115. The van der Waals surface area contributed by atoms with Crippen LogP contribution >= 0.6 is 0 Å². The molecule has 0 aliphatic carbocycles. The Morgan fingerprint density at radius 3 is 2.31 bits per heavy atom. The van der Waals surface area contributed by atoms with Crippen LogP contribution in [0.1, 0.15) is 13.8 Å². The highest BCUT2D eigenvalue weighted by Crippen LogP contribution is 2.29. The van der Waals surface area contributed by atoms with Gasteiger partial charge in [-0.3, -0.25) is 0 Å². The first kappa shape index (κ1) is 12.9. The van der Waals surface area contributed by atoms with Gasteiger partial charge in [0.05, 0.1) is 11.8 Å². The van der Waals surface area contributed by atoms with Crippen LogP contribution in [0.15, 0.2) is 18.2 Å². The van der Waals surface area contributed by atoms with Gasteiger partial charge in [-0.25, -0.2) is 0 Å². The number of nitrogen functional groups attached to an aromatic ring is 1. The molecule has 2 N–H and O–H groups in total. The second-order valence-electron chi connectivity index (χ2n) is 5.08. The lowest BCUT2D eigenvalue weighted by Gasteiger charge is -2.20. The lowest BCUT2D eigenvalue weighted by Crippen LogP contribution is -2.29. The molecule has 0 atom stereocenters. The molecule has 0 spiro atoms. The number of anilines is 1. The van der Waals surface area contributed by atoms with Gasteiger partial charge in [0.25, 0.3) is 0 Å². The Balaban J connectivity index is 2.89. The molecule has 1 aromatic carbocycles. The third-order valence-corrected chi connectivity index (χ3v) is 2.62. The quantitative estimate of drug-likeness (QED) is 0.648. The number of hydrogen-bond donors (Lipinski definition) is 1. The average molecular weight is 239 g/mol. The summed E-state index contributed by atoms with van der Waals surface area (Å²) >= 11 is 0. The van der Waals surface area contributed by atoms with Crippen molar-refractivity contribution in [3.63, 3.8) is 0 Å². The van der Waals surface area contributed by atoms with Gasteiger partial charge in [0.15, 0.2) is 0 Å². The Morgan fingerprint density at radius 1 is 1.19 bits per heavy atom. The molecule has 4 heteroatoms. The van der Waals surface area contributed by atoms with E-state index in [1.54, 1.807) is 0 Å². The summed E-state index contributed by atoms with van der Waals surface area (Å²) in [5, 5.41) is 0. The van der Waals surface area contributed by atoms with Crippen LogP contribution in [0.5, 0.6) is 11.5 Å². The summed E-state index contributed by atoms with van der Waals surface area (Å²) in [6.45, 7) is 10.4. The molecular weight excluding hydrogens is 218 g/mol. The predicted octanol–water partition coefficient (Wildman–Crippen LogP) is 3.27. The van der Waals surface area contributed by atoms with Crippen LogP contribution in [0.2, 0.25) is 19.6 Å². The van der Waals surface area contributed by atoms with E-state index >= 15 is 0 Å². The molecule has 3 nitrogen and oxygen atoms in total. The third-order valence-electron chi connectivity index (χ3n) is 1.77. The van der Waals surface area contributed by atoms with Gasteiger partial charge >= 0.3 is 0 Å². The van der Waals surface area contributed by atoms with Crippen LogP contribution < -0.4 is 14.9 Å². The fourth-order valence-electron chi connectivity index (χ4n) is 1.29. The van der Waals surface area contributed by atoms with E-state index in [-0.39, 0.29) is 6.10 Å². The molecule has 0 aromatic heterocycles. The number of rotatable bonds is 4. The zero-order valence-electron chi connectivity index (χ0n) is 10.7. The van der Waals surface area contributed by atoms with Gasteiger partial charge in [-0.05, 0) is 45.6 Å². The molecule has 0 aliphatic rings. The first-order valence-electron chi connectivity index (χ1n) is 5.53. The van der Waals surface area contributed by atoms with E-state index in [0.29, 0.717) is 11.4 Å². The van der Waals surface area contributed by atoms with E-state index in [2.05, 4.69) is 19.6 Å². The number of ether oxygens (including phenoxy) is 1. The van der Waals surface area contributed by atoms with Gasteiger partial charge in [-0.2, -0.15) is 0 Å². The summed E-state index contributed by atoms with van der Waals surface area (Å²) in [5.41, 5.74) is 6.48. The topological polar surface area (TPSA) is 44.5 Å². The summed E-state index contributed by atoms with van der Waals surface area (Å²) in [5.74, 6) is 1.54. The van der Waals surface area contributed by atoms with Gasteiger partial charge in [-0.15, -0.1) is 0 Å². The molecule has 1 rings (SSSR count). The summed E-state index contributed by atoms with van der Waals surface area (Å²) in [6, 6.07) is 5.58. The molecule has 1 aromatic rings. The van der Waals surface area contributed by atoms with Crippen LogP contribution in [-0.4, -0.2) is 14.4 Å². The van der Waals surface area contributed by atoms with Gasteiger partial charge in [-0.1, -0.05) is 0 Å². The summed E-state index contributed by atoms with van der Waals surface area (Å²) in [6.07, 6.45) is 0.115. The molecule has 0 saturated carbocycles. The van der Waals surface area contributed by atoms with Crippen molar-refractivity contribution in [3.8, 4) is 11.5 Å². The normalized spacial score (nSPS) is 11.6. The Kier molecular flexibility index (Phi) is 3.86. The largest absolute Gasteiger partial charge is 0.544 e. The lowest BCUT2D eigenvalue weighted by atomic mass is 10.3. The van der Waals surface area contributed by atoms with Crippen molar-refractivity contribution in [2.24, 2.45) is 0 Å². The summed E-state index contributed by atoms with van der Waals surface area (Å²) in [7, 11) is -1.57. The van der Waals surface area contributed by atoms with Crippen molar-refractivity contribution in [2.45, 2.75) is 39.6 Å². The van der Waals surface area contributed by atoms with Crippen molar-refractivity contribution in [1.82, 2.24) is 0 Å². The standard InChI is InChI=1S/C12H21NO2Si/c1-9(2)14-12-8-10(6-7-11(12)13)15-16(3,4)5/h6-9H,13H2,1-5H3. The van der Waals surface area contributed by atoms with Gasteiger partial charge in [0.2, 0.25) is 8.32 Å². The number of hydrogen-bond acceptors (Lipinski definition) is 3. The van der Waals surface area contributed by atoms with Crippen molar-refractivity contribution in [1.29, 1.82) is 0 Å². The maximum absolute atomic E-state index is 5.88. The van der Waals surface area contributed by atoms with E-state index in [1.807, 2.05) is 32.0 Å². The van der Waals surface area contributed by atoms with E-state index in [9.17, 15) is 0 Å².